The second kappa shape index (κ2) is 2.90. The molecule has 0 saturated heterocycles. The van der Waals surface area contributed by atoms with Gasteiger partial charge in [0.25, 0.3) is 0 Å². The first kappa shape index (κ1) is 8.04. The highest BCUT2D eigenvalue weighted by Gasteiger charge is 2.34. The molecular weight excluding hydrogens is 144 g/mol. The molecule has 1 aliphatic carbocycles. The zero-order valence-corrected chi connectivity index (χ0v) is 6.25. The van der Waals surface area contributed by atoms with E-state index in [1.165, 1.54) is 0 Å². The fourth-order valence-corrected chi connectivity index (χ4v) is 1.64. The number of hydrogen-bond donors (Lipinski definition) is 2. The van der Waals surface area contributed by atoms with Crippen molar-refractivity contribution in [2.75, 3.05) is 0 Å². The SMILES string of the molecule is NC(=O)[C@H]1CCC[C@H]1C(N)=O. The number of hydrogen-bond acceptors (Lipinski definition) is 2. The Kier molecular flexibility index (Phi) is 2.12. The Balaban J connectivity index is 2.65. The Morgan fingerprint density at radius 3 is 1.64 bits per heavy atom. The average molecular weight is 156 g/mol. The van der Waals surface area contributed by atoms with E-state index >= 15 is 0 Å². The first-order chi connectivity index (χ1) is 5.13. The Labute approximate surface area is 64.9 Å². The van der Waals surface area contributed by atoms with Crippen molar-refractivity contribution in [1.82, 2.24) is 0 Å². The first-order valence-electron chi connectivity index (χ1n) is 3.71. The zero-order chi connectivity index (χ0) is 8.43. The molecule has 4 nitrogen and oxygen atoms in total. The van der Waals surface area contributed by atoms with E-state index in [4.69, 9.17) is 11.5 Å². The van der Waals surface area contributed by atoms with Gasteiger partial charge in [0.2, 0.25) is 11.8 Å². The van der Waals surface area contributed by atoms with Crippen molar-refractivity contribution in [3.63, 3.8) is 0 Å². The summed E-state index contributed by atoms with van der Waals surface area (Å²) >= 11 is 0. The van der Waals surface area contributed by atoms with Crippen molar-refractivity contribution in [3.8, 4) is 0 Å². The normalized spacial score (nSPS) is 30.2. The van der Waals surface area contributed by atoms with E-state index in [0.29, 0.717) is 12.8 Å². The van der Waals surface area contributed by atoms with Gasteiger partial charge >= 0.3 is 0 Å². The van der Waals surface area contributed by atoms with E-state index in [0.717, 1.165) is 6.42 Å². The molecule has 62 valence electrons. The summed E-state index contributed by atoms with van der Waals surface area (Å²) in [5.74, 6) is -1.42. The van der Waals surface area contributed by atoms with Gasteiger partial charge in [-0.15, -0.1) is 0 Å². The number of carbonyl (C=O) groups excluding carboxylic acids is 2. The van der Waals surface area contributed by atoms with Crippen LogP contribution in [0.5, 0.6) is 0 Å². The lowest BCUT2D eigenvalue weighted by Crippen LogP contribution is -2.34. The molecular formula is C7H12N2O2. The van der Waals surface area contributed by atoms with Crippen LogP contribution in [0.25, 0.3) is 0 Å². The van der Waals surface area contributed by atoms with Crippen LogP contribution in [0.4, 0.5) is 0 Å². The lowest BCUT2D eigenvalue weighted by molar-refractivity contribution is -0.130. The quantitative estimate of drug-likeness (QED) is 0.557. The predicted octanol–water partition coefficient (Wildman–Crippen LogP) is -0.627. The number of rotatable bonds is 2. The molecule has 1 saturated carbocycles. The van der Waals surface area contributed by atoms with Crippen molar-refractivity contribution in [2.24, 2.45) is 23.3 Å². The molecule has 1 aliphatic rings. The van der Waals surface area contributed by atoms with E-state index in [1.807, 2.05) is 0 Å². The van der Waals surface area contributed by atoms with Crippen molar-refractivity contribution in [3.05, 3.63) is 0 Å². The molecule has 0 aromatic carbocycles. The largest absolute Gasteiger partial charge is 0.369 e. The molecule has 11 heavy (non-hydrogen) atoms. The molecule has 0 bridgehead atoms. The van der Waals surface area contributed by atoms with Crippen LogP contribution in [-0.2, 0) is 9.59 Å². The van der Waals surface area contributed by atoms with Crippen LogP contribution < -0.4 is 11.5 Å². The lowest BCUT2D eigenvalue weighted by Gasteiger charge is -2.11. The molecule has 1 fully saturated rings. The summed E-state index contributed by atoms with van der Waals surface area (Å²) in [5.41, 5.74) is 10.2. The molecule has 0 aromatic rings. The molecule has 0 radical (unpaired) electrons. The number of carbonyl (C=O) groups is 2. The molecule has 0 aromatic heterocycles. The third-order valence-electron chi connectivity index (χ3n) is 2.25. The van der Waals surface area contributed by atoms with Gasteiger partial charge in [0.1, 0.15) is 0 Å². The van der Waals surface area contributed by atoms with Crippen LogP contribution in [0.1, 0.15) is 19.3 Å². The van der Waals surface area contributed by atoms with Crippen LogP contribution in [-0.4, -0.2) is 11.8 Å². The molecule has 2 atom stereocenters. The minimum atomic E-state index is -0.397. The predicted molar refractivity (Wildman–Crippen MR) is 39.2 cm³/mol. The summed E-state index contributed by atoms with van der Waals surface area (Å²) in [6.45, 7) is 0. The van der Waals surface area contributed by atoms with Crippen LogP contribution >= 0.6 is 0 Å². The van der Waals surface area contributed by atoms with Crippen LogP contribution in [0, 0.1) is 11.8 Å². The van der Waals surface area contributed by atoms with Gasteiger partial charge in [-0.1, -0.05) is 6.42 Å². The highest BCUT2D eigenvalue weighted by atomic mass is 16.2. The molecule has 1 rings (SSSR count). The van der Waals surface area contributed by atoms with Crippen molar-refractivity contribution >= 4 is 11.8 Å². The summed E-state index contributed by atoms with van der Waals surface area (Å²) in [6, 6.07) is 0. The fourth-order valence-electron chi connectivity index (χ4n) is 1.64. The van der Waals surface area contributed by atoms with Gasteiger partial charge in [-0.3, -0.25) is 9.59 Å². The van der Waals surface area contributed by atoms with Crippen molar-refractivity contribution in [2.45, 2.75) is 19.3 Å². The second-order valence-corrected chi connectivity index (χ2v) is 2.95. The average Bonchev–Trinajstić information content (AvgIpc) is 2.32. The maximum absolute atomic E-state index is 10.7. The zero-order valence-electron chi connectivity index (χ0n) is 6.25. The standard InChI is InChI=1S/C7H12N2O2/c8-6(10)4-2-1-3-5(4)7(9)11/h4-5H,1-3H2,(H2,8,10)(H2,9,11)/t4-,5+. The Morgan fingerprint density at radius 1 is 1.00 bits per heavy atom. The minimum Gasteiger partial charge on any atom is -0.369 e. The van der Waals surface area contributed by atoms with E-state index in [1.54, 1.807) is 0 Å². The smallest absolute Gasteiger partial charge is 0.221 e. The summed E-state index contributed by atoms with van der Waals surface area (Å²) in [6.07, 6.45) is 2.30. The van der Waals surface area contributed by atoms with E-state index < -0.39 is 11.8 Å². The number of primary amides is 2. The van der Waals surface area contributed by atoms with Gasteiger partial charge < -0.3 is 11.5 Å². The summed E-state index contributed by atoms with van der Waals surface area (Å²) in [5, 5.41) is 0. The maximum Gasteiger partial charge on any atom is 0.221 e. The Hall–Kier alpha value is -1.06. The molecule has 0 heterocycles. The molecule has 0 spiro atoms. The number of amides is 2. The molecule has 2 amide bonds. The third kappa shape index (κ3) is 1.50. The van der Waals surface area contributed by atoms with Gasteiger partial charge in [-0.2, -0.15) is 0 Å². The van der Waals surface area contributed by atoms with E-state index in [9.17, 15) is 9.59 Å². The van der Waals surface area contributed by atoms with Crippen LogP contribution in [0.3, 0.4) is 0 Å². The molecule has 4 N–H and O–H groups in total. The van der Waals surface area contributed by atoms with Gasteiger partial charge in [-0.25, -0.2) is 0 Å². The van der Waals surface area contributed by atoms with Gasteiger partial charge in [-0.05, 0) is 12.8 Å². The fraction of sp³-hybridized carbons (Fsp3) is 0.714. The van der Waals surface area contributed by atoms with Gasteiger partial charge in [0, 0.05) is 11.8 Å². The second-order valence-electron chi connectivity index (χ2n) is 2.95. The van der Waals surface area contributed by atoms with Crippen molar-refractivity contribution in [1.29, 1.82) is 0 Å². The monoisotopic (exact) mass is 156 g/mol. The maximum atomic E-state index is 10.7. The third-order valence-corrected chi connectivity index (χ3v) is 2.25. The first-order valence-corrected chi connectivity index (χ1v) is 3.71. The highest BCUT2D eigenvalue weighted by molar-refractivity contribution is 5.86. The topological polar surface area (TPSA) is 86.2 Å². The van der Waals surface area contributed by atoms with Gasteiger partial charge in [0.15, 0.2) is 0 Å². The molecule has 0 unspecified atom stereocenters. The summed E-state index contributed by atoms with van der Waals surface area (Å²) in [7, 11) is 0. The summed E-state index contributed by atoms with van der Waals surface area (Å²) < 4.78 is 0. The highest BCUT2D eigenvalue weighted by Crippen LogP contribution is 2.30. The molecule has 0 aliphatic heterocycles. The Bertz CT molecular complexity index is 171. The summed E-state index contributed by atoms with van der Waals surface area (Å²) in [4.78, 5) is 21.5. The van der Waals surface area contributed by atoms with Crippen LogP contribution in [0.2, 0.25) is 0 Å². The van der Waals surface area contributed by atoms with Crippen LogP contribution in [0.15, 0.2) is 0 Å². The minimum absolute atomic E-state index is 0.313. The van der Waals surface area contributed by atoms with E-state index in [-0.39, 0.29) is 11.8 Å². The van der Waals surface area contributed by atoms with Gasteiger partial charge in [0.05, 0.1) is 0 Å². The molecule has 4 heteroatoms. The van der Waals surface area contributed by atoms with E-state index in [2.05, 4.69) is 0 Å². The van der Waals surface area contributed by atoms with Crippen molar-refractivity contribution < 1.29 is 9.59 Å². The lowest BCUT2D eigenvalue weighted by atomic mass is 9.95. The number of nitrogens with two attached hydrogens (primary N) is 2. The Morgan fingerprint density at radius 2 is 1.36 bits per heavy atom.